The lowest BCUT2D eigenvalue weighted by Gasteiger charge is -2.05. The average Bonchev–Trinajstić information content (AvgIpc) is 2.08. The third kappa shape index (κ3) is 1.48. The minimum absolute atomic E-state index is 0.902. The number of nitrogens with zero attached hydrogens (tertiary/aromatic N) is 1. The van der Waals surface area contributed by atoms with Crippen LogP contribution in [0.3, 0.4) is 0 Å². The number of aliphatic imine (C=N–C) groups is 1. The van der Waals surface area contributed by atoms with E-state index in [1.165, 1.54) is 0 Å². The van der Waals surface area contributed by atoms with Crippen LogP contribution in [0, 0.1) is 6.92 Å². The first-order valence-electron chi connectivity index (χ1n) is 3.59. The van der Waals surface area contributed by atoms with Gasteiger partial charge < -0.3 is 0 Å². The molecule has 0 aromatic heterocycles. The molecule has 1 nitrogen and oxygen atoms in total. The molecule has 62 valence electrons. The zero-order valence-corrected chi connectivity index (χ0v) is 8.56. The Morgan fingerprint density at radius 3 is 2.58 bits per heavy atom. The molecule has 0 fully saturated rings. The van der Waals surface area contributed by atoms with Crippen molar-refractivity contribution in [3.05, 3.63) is 34.3 Å². The lowest BCUT2D eigenvalue weighted by atomic mass is 10.1. The van der Waals surface area contributed by atoms with Gasteiger partial charge in [-0.15, -0.1) is 0 Å². The second-order valence-corrected chi connectivity index (χ2v) is 3.34. The van der Waals surface area contributed by atoms with Crippen LogP contribution >= 0.6 is 15.9 Å². The first-order valence-corrected chi connectivity index (χ1v) is 4.38. The van der Waals surface area contributed by atoms with Crippen LogP contribution in [-0.4, -0.2) is 6.72 Å². The monoisotopic (exact) mass is 223 g/mol. The van der Waals surface area contributed by atoms with Crippen LogP contribution < -0.4 is 0 Å². The Morgan fingerprint density at radius 2 is 2.17 bits per heavy atom. The number of rotatable bonds is 2. The van der Waals surface area contributed by atoms with Gasteiger partial charge in [-0.3, -0.25) is 4.99 Å². The van der Waals surface area contributed by atoms with Crippen LogP contribution in [-0.2, 0) is 0 Å². The van der Waals surface area contributed by atoms with Crippen molar-refractivity contribution in [2.75, 3.05) is 0 Å². The summed E-state index contributed by atoms with van der Waals surface area (Å²) in [6.07, 6.45) is 1.78. The Balaban J connectivity index is 3.48. The summed E-state index contributed by atoms with van der Waals surface area (Å²) in [6.45, 7) is 9.25. The molecule has 0 bridgehead atoms. The molecular weight excluding hydrogens is 214 g/mol. The van der Waals surface area contributed by atoms with E-state index in [4.69, 9.17) is 0 Å². The van der Waals surface area contributed by atoms with Crippen LogP contribution in [0.4, 0.5) is 5.69 Å². The summed E-state index contributed by atoms with van der Waals surface area (Å²) in [6, 6.07) is 3.99. The minimum Gasteiger partial charge on any atom is -0.264 e. The summed E-state index contributed by atoms with van der Waals surface area (Å²) in [5.41, 5.74) is 3.02. The predicted molar refractivity (Wildman–Crippen MR) is 58.2 cm³/mol. The summed E-state index contributed by atoms with van der Waals surface area (Å²) >= 11 is 3.42. The lowest BCUT2D eigenvalue weighted by molar-refractivity contribution is 1.38. The summed E-state index contributed by atoms with van der Waals surface area (Å²) in [4.78, 5) is 3.95. The molecule has 0 aliphatic carbocycles. The molecule has 0 aliphatic rings. The highest BCUT2D eigenvalue weighted by Crippen LogP contribution is 2.30. The molecule has 0 saturated carbocycles. The van der Waals surface area contributed by atoms with Gasteiger partial charge in [0.2, 0.25) is 0 Å². The van der Waals surface area contributed by atoms with E-state index in [2.05, 4.69) is 34.2 Å². The van der Waals surface area contributed by atoms with Gasteiger partial charge in [0.05, 0.1) is 5.69 Å². The highest BCUT2D eigenvalue weighted by Gasteiger charge is 2.04. The van der Waals surface area contributed by atoms with Crippen LogP contribution in [0.25, 0.3) is 6.08 Å². The largest absolute Gasteiger partial charge is 0.264 e. The zero-order valence-electron chi connectivity index (χ0n) is 6.97. The number of aryl methyl sites for hydroxylation is 1. The fourth-order valence-corrected chi connectivity index (χ4v) is 1.58. The molecule has 1 rings (SSSR count). The van der Waals surface area contributed by atoms with E-state index in [0.29, 0.717) is 0 Å². The molecular formula is C10H10BrN. The van der Waals surface area contributed by atoms with E-state index in [9.17, 15) is 0 Å². The SMILES string of the molecule is C=Cc1c(Br)ccc(C)c1N=C. The van der Waals surface area contributed by atoms with Crippen molar-refractivity contribution < 1.29 is 0 Å². The maximum absolute atomic E-state index is 3.95. The molecule has 0 unspecified atom stereocenters. The normalized spacial score (nSPS) is 9.50. The lowest BCUT2D eigenvalue weighted by Crippen LogP contribution is -1.81. The summed E-state index contributed by atoms with van der Waals surface area (Å²) in [5.74, 6) is 0. The second-order valence-electron chi connectivity index (χ2n) is 2.49. The molecule has 0 heterocycles. The summed E-state index contributed by atoms with van der Waals surface area (Å²) in [5, 5.41) is 0. The van der Waals surface area contributed by atoms with Gasteiger partial charge in [0.25, 0.3) is 0 Å². The Labute approximate surface area is 81.0 Å². The summed E-state index contributed by atoms with van der Waals surface area (Å²) in [7, 11) is 0. The molecule has 0 spiro atoms. The highest BCUT2D eigenvalue weighted by atomic mass is 79.9. The van der Waals surface area contributed by atoms with Gasteiger partial charge in [0.1, 0.15) is 0 Å². The molecule has 1 aromatic rings. The van der Waals surface area contributed by atoms with E-state index in [-0.39, 0.29) is 0 Å². The summed E-state index contributed by atoms with van der Waals surface area (Å²) < 4.78 is 1.01. The third-order valence-corrected chi connectivity index (χ3v) is 2.42. The van der Waals surface area contributed by atoms with Crippen LogP contribution in [0.2, 0.25) is 0 Å². The molecule has 0 atom stereocenters. The molecule has 0 saturated heterocycles. The van der Waals surface area contributed by atoms with Gasteiger partial charge >= 0.3 is 0 Å². The van der Waals surface area contributed by atoms with Crippen molar-refractivity contribution in [1.82, 2.24) is 0 Å². The van der Waals surface area contributed by atoms with Crippen LogP contribution in [0.15, 0.2) is 28.2 Å². The van der Waals surface area contributed by atoms with Gasteiger partial charge in [-0.2, -0.15) is 0 Å². The highest BCUT2D eigenvalue weighted by molar-refractivity contribution is 9.10. The number of benzene rings is 1. The predicted octanol–water partition coefficient (Wildman–Crippen LogP) is 3.73. The number of halogens is 1. The maximum atomic E-state index is 3.95. The van der Waals surface area contributed by atoms with E-state index in [1.807, 2.05) is 19.1 Å². The van der Waals surface area contributed by atoms with Crippen molar-refractivity contribution in [1.29, 1.82) is 0 Å². The van der Waals surface area contributed by atoms with Crippen LogP contribution in [0.1, 0.15) is 11.1 Å². The maximum Gasteiger partial charge on any atom is 0.0734 e. The quantitative estimate of drug-likeness (QED) is 0.678. The van der Waals surface area contributed by atoms with E-state index in [1.54, 1.807) is 6.08 Å². The molecule has 0 radical (unpaired) electrons. The zero-order chi connectivity index (χ0) is 9.14. The second kappa shape index (κ2) is 3.68. The molecule has 0 amide bonds. The standard InChI is InChI=1S/C10H10BrN/c1-4-8-9(11)6-5-7(2)10(8)12-3/h4-6H,1,3H2,2H3. The molecule has 2 heteroatoms. The number of hydrogen-bond acceptors (Lipinski definition) is 1. The average molecular weight is 224 g/mol. The van der Waals surface area contributed by atoms with Crippen LogP contribution in [0.5, 0.6) is 0 Å². The fourth-order valence-electron chi connectivity index (χ4n) is 1.10. The van der Waals surface area contributed by atoms with Crippen molar-refractivity contribution in [3.8, 4) is 0 Å². The Morgan fingerprint density at radius 1 is 1.50 bits per heavy atom. The molecule has 1 aromatic carbocycles. The first-order chi connectivity index (χ1) is 5.70. The van der Waals surface area contributed by atoms with Gasteiger partial charge in [-0.05, 0) is 25.3 Å². The van der Waals surface area contributed by atoms with Crippen molar-refractivity contribution in [3.63, 3.8) is 0 Å². The van der Waals surface area contributed by atoms with Gasteiger partial charge in [-0.25, -0.2) is 0 Å². The van der Waals surface area contributed by atoms with Gasteiger partial charge in [-0.1, -0.05) is 34.7 Å². The molecule has 0 aliphatic heterocycles. The van der Waals surface area contributed by atoms with E-state index in [0.717, 1.165) is 21.3 Å². The van der Waals surface area contributed by atoms with E-state index >= 15 is 0 Å². The van der Waals surface area contributed by atoms with Crippen molar-refractivity contribution in [2.24, 2.45) is 4.99 Å². The van der Waals surface area contributed by atoms with E-state index < -0.39 is 0 Å². The topological polar surface area (TPSA) is 12.4 Å². The van der Waals surface area contributed by atoms with Crippen molar-refractivity contribution in [2.45, 2.75) is 6.92 Å². The van der Waals surface area contributed by atoms with Gasteiger partial charge in [0.15, 0.2) is 0 Å². The Bertz CT molecular complexity index is 296. The Hall–Kier alpha value is -0.890. The van der Waals surface area contributed by atoms with Crippen molar-refractivity contribution >= 4 is 34.4 Å². The van der Waals surface area contributed by atoms with Gasteiger partial charge in [0, 0.05) is 10.0 Å². The Kier molecular flexibility index (Phi) is 2.82. The molecule has 0 N–H and O–H groups in total. The molecule has 12 heavy (non-hydrogen) atoms. The number of hydrogen-bond donors (Lipinski definition) is 0. The first kappa shape index (κ1) is 9.20. The third-order valence-electron chi connectivity index (χ3n) is 1.73. The smallest absolute Gasteiger partial charge is 0.0734 e. The minimum atomic E-state index is 0.902. The fraction of sp³-hybridized carbons (Fsp3) is 0.100.